The van der Waals surface area contributed by atoms with E-state index in [1.54, 1.807) is 6.20 Å². The Balaban J connectivity index is 1.66. The van der Waals surface area contributed by atoms with Gasteiger partial charge in [0.25, 0.3) is 0 Å². The zero-order valence-corrected chi connectivity index (χ0v) is 13.1. The molecule has 6 aromatic rings. The van der Waals surface area contributed by atoms with E-state index < -0.39 is 0 Å². The van der Waals surface area contributed by atoms with Gasteiger partial charge in [0.2, 0.25) is 5.71 Å². The maximum atomic E-state index is 6.01. The van der Waals surface area contributed by atoms with Crippen molar-refractivity contribution < 1.29 is 8.83 Å². The number of hydrogen-bond donors (Lipinski definition) is 0. The Kier molecular flexibility index (Phi) is 2.32. The molecule has 118 valence electrons. The normalized spacial score (nSPS) is 12.0. The first kappa shape index (κ1) is 12.8. The molecule has 0 aliphatic heterocycles. The molecule has 4 heteroatoms. The highest BCUT2D eigenvalue weighted by atomic mass is 16.3. The zero-order valence-electron chi connectivity index (χ0n) is 13.1. The third-order valence-corrected chi connectivity index (χ3v) is 4.69. The Hall–Kier alpha value is -3.53. The lowest BCUT2D eigenvalue weighted by Gasteiger charge is -2.00. The van der Waals surface area contributed by atoms with Crippen LogP contribution in [0.5, 0.6) is 0 Å². The molecule has 0 aliphatic carbocycles. The van der Waals surface area contributed by atoms with Gasteiger partial charge in [-0.05, 0) is 30.3 Å². The molecule has 3 aromatic heterocycles. The molecule has 0 atom stereocenters. The van der Waals surface area contributed by atoms with Gasteiger partial charge in [-0.3, -0.25) is 4.40 Å². The Labute approximate surface area is 141 Å². The molecule has 0 fully saturated rings. The van der Waals surface area contributed by atoms with Gasteiger partial charge in [-0.25, -0.2) is 4.98 Å². The molecule has 0 radical (unpaired) electrons. The van der Waals surface area contributed by atoms with Gasteiger partial charge in [0, 0.05) is 16.3 Å². The van der Waals surface area contributed by atoms with E-state index in [0.717, 1.165) is 50.1 Å². The number of para-hydroxylation sites is 3. The van der Waals surface area contributed by atoms with Gasteiger partial charge in [-0.15, -0.1) is 0 Å². The summed E-state index contributed by atoms with van der Waals surface area (Å²) in [6.07, 6.45) is 1.76. The summed E-state index contributed by atoms with van der Waals surface area (Å²) in [5.74, 6) is 0.849. The molecule has 4 nitrogen and oxygen atoms in total. The van der Waals surface area contributed by atoms with Crippen LogP contribution in [0.4, 0.5) is 0 Å². The molecule has 0 saturated heterocycles. The van der Waals surface area contributed by atoms with Crippen LogP contribution in [0.25, 0.3) is 50.1 Å². The Morgan fingerprint density at radius 3 is 2.48 bits per heavy atom. The van der Waals surface area contributed by atoms with Gasteiger partial charge in [0.05, 0.1) is 11.7 Å². The molecule has 0 amide bonds. The maximum Gasteiger partial charge on any atom is 0.225 e. The topological polar surface area (TPSA) is 43.6 Å². The third kappa shape index (κ3) is 1.68. The lowest BCUT2D eigenvalue weighted by atomic mass is 10.1. The molecule has 0 unspecified atom stereocenters. The van der Waals surface area contributed by atoms with Crippen LogP contribution in [0.2, 0.25) is 0 Å². The van der Waals surface area contributed by atoms with Crippen molar-refractivity contribution in [2.45, 2.75) is 0 Å². The van der Waals surface area contributed by atoms with Gasteiger partial charge in [0.15, 0.2) is 5.58 Å². The first-order chi connectivity index (χ1) is 12.4. The Morgan fingerprint density at radius 2 is 1.52 bits per heavy atom. The molecule has 25 heavy (non-hydrogen) atoms. The summed E-state index contributed by atoms with van der Waals surface area (Å²) in [5, 5.41) is 2.25. The molecular formula is C21H12N2O2. The van der Waals surface area contributed by atoms with Crippen molar-refractivity contribution in [3.63, 3.8) is 0 Å². The second kappa shape index (κ2) is 4.51. The van der Waals surface area contributed by atoms with Gasteiger partial charge in [-0.2, -0.15) is 0 Å². The van der Waals surface area contributed by atoms with Crippen LogP contribution in [0, 0.1) is 0 Å². The fraction of sp³-hybridized carbons (Fsp3) is 0. The largest absolute Gasteiger partial charge is 0.456 e. The number of oxazole rings is 1. The average molecular weight is 324 g/mol. The zero-order chi connectivity index (χ0) is 16.4. The van der Waals surface area contributed by atoms with E-state index >= 15 is 0 Å². The summed E-state index contributed by atoms with van der Waals surface area (Å²) in [6, 6.07) is 22.3. The lowest BCUT2D eigenvalue weighted by molar-refractivity contribution is 0.656. The van der Waals surface area contributed by atoms with Crippen molar-refractivity contribution in [1.29, 1.82) is 0 Å². The van der Waals surface area contributed by atoms with Crippen molar-refractivity contribution in [3.8, 4) is 11.4 Å². The predicted octanol–water partition coefficient (Wildman–Crippen LogP) is 5.65. The Morgan fingerprint density at radius 1 is 0.720 bits per heavy atom. The number of hydrogen-bond acceptors (Lipinski definition) is 3. The fourth-order valence-corrected chi connectivity index (χ4v) is 3.55. The highest BCUT2D eigenvalue weighted by Gasteiger charge is 2.15. The number of imidazole rings is 1. The molecule has 6 rings (SSSR count). The molecule has 3 heterocycles. The van der Waals surface area contributed by atoms with Crippen LogP contribution in [-0.4, -0.2) is 9.38 Å². The summed E-state index contributed by atoms with van der Waals surface area (Å²) >= 11 is 0. The van der Waals surface area contributed by atoms with Crippen LogP contribution >= 0.6 is 0 Å². The molecule has 0 saturated carbocycles. The fourth-order valence-electron chi connectivity index (χ4n) is 3.55. The molecule has 0 spiro atoms. The first-order valence-corrected chi connectivity index (χ1v) is 8.15. The van der Waals surface area contributed by atoms with E-state index in [2.05, 4.69) is 23.2 Å². The van der Waals surface area contributed by atoms with E-state index in [9.17, 15) is 0 Å². The van der Waals surface area contributed by atoms with Crippen molar-refractivity contribution >= 4 is 38.8 Å². The summed E-state index contributed by atoms with van der Waals surface area (Å²) in [7, 11) is 0. The van der Waals surface area contributed by atoms with Crippen molar-refractivity contribution in [3.05, 3.63) is 72.9 Å². The van der Waals surface area contributed by atoms with Crippen LogP contribution < -0.4 is 0 Å². The smallest absolute Gasteiger partial charge is 0.225 e. The molecule has 0 N–H and O–H groups in total. The standard InChI is InChI=1S/C21H12N2O2/c1-3-7-17-14(5-1)15-10-9-13(11-19(15)24-17)21-22-12-20-23(21)16-6-2-4-8-18(16)25-20/h1-12H. The van der Waals surface area contributed by atoms with Gasteiger partial charge >= 0.3 is 0 Å². The number of nitrogens with zero attached hydrogens (tertiary/aromatic N) is 2. The van der Waals surface area contributed by atoms with Crippen LogP contribution in [-0.2, 0) is 0 Å². The van der Waals surface area contributed by atoms with E-state index in [0.29, 0.717) is 0 Å². The molecule has 0 aliphatic rings. The van der Waals surface area contributed by atoms with E-state index in [1.807, 2.05) is 52.9 Å². The van der Waals surface area contributed by atoms with Crippen LogP contribution in [0.1, 0.15) is 0 Å². The van der Waals surface area contributed by atoms with Gasteiger partial charge < -0.3 is 8.83 Å². The third-order valence-electron chi connectivity index (χ3n) is 4.69. The highest BCUT2D eigenvalue weighted by Crippen LogP contribution is 2.33. The molecular weight excluding hydrogens is 312 g/mol. The Bertz CT molecular complexity index is 1400. The number of aromatic nitrogens is 2. The summed E-state index contributed by atoms with van der Waals surface area (Å²) < 4.78 is 13.9. The van der Waals surface area contributed by atoms with E-state index in [-0.39, 0.29) is 0 Å². The van der Waals surface area contributed by atoms with Gasteiger partial charge in [-0.1, -0.05) is 36.4 Å². The molecule has 3 aromatic carbocycles. The minimum absolute atomic E-state index is 0.737. The monoisotopic (exact) mass is 324 g/mol. The SMILES string of the molecule is c1ccc2c(c1)oc1cc(-c3ncc4oc5ccccc5n34)ccc12. The van der Waals surface area contributed by atoms with Crippen molar-refractivity contribution in [1.82, 2.24) is 9.38 Å². The second-order valence-electron chi connectivity index (χ2n) is 6.13. The first-order valence-electron chi connectivity index (χ1n) is 8.15. The maximum absolute atomic E-state index is 6.01. The number of rotatable bonds is 1. The molecule has 0 bridgehead atoms. The number of fused-ring (bicyclic) bond motifs is 6. The minimum atomic E-state index is 0.737. The quantitative estimate of drug-likeness (QED) is 0.393. The summed E-state index contributed by atoms with van der Waals surface area (Å²) in [4.78, 5) is 4.56. The lowest BCUT2D eigenvalue weighted by Crippen LogP contribution is -1.87. The number of furan rings is 1. The number of benzene rings is 3. The van der Waals surface area contributed by atoms with Crippen molar-refractivity contribution in [2.75, 3.05) is 0 Å². The van der Waals surface area contributed by atoms with E-state index in [1.165, 1.54) is 0 Å². The predicted molar refractivity (Wildman–Crippen MR) is 97.7 cm³/mol. The van der Waals surface area contributed by atoms with Gasteiger partial charge in [0.1, 0.15) is 17.0 Å². The average Bonchev–Trinajstić information content (AvgIpc) is 3.32. The second-order valence-corrected chi connectivity index (χ2v) is 6.13. The van der Waals surface area contributed by atoms with Crippen molar-refractivity contribution in [2.24, 2.45) is 0 Å². The highest BCUT2D eigenvalue weighted by molar-refractivity contribution is 6.05. The van der Waals surface area contributed by atoms with E-state index in [4.69, 9.17) is 8.83 Å². The minimum Gasteiger partial charge on any atom is -0.456 e. The summed E-state index contributed by atoms with van der Waals surface area (Å²) in [6.45, 7) is 0. The van der Waals surface area contributed by atoms with Crippen LogP contribution in [0.3, 0.4) is 0 Å². The van der Waals surface area contributed by atoms with Crippen LogP contribution in [0.15, 0.2) is 81.8 Å². The summed E-state index contributed by atoms with van der Waals surface area (Å²) in [5.41, 5.74) is 5.36.